The summed E-state index contributed by atoms with van der Waals surface area (Å²) in [7, 11) is 0.0711. The lowest BCUT2D eigenvalue weighted by atomic mass is 9.99. The van der Waals surface area contributed by atoms with Gasteiger partial charge in [0.15, 0.2) is 0 Å². The molecule has 3 rings (SSSR count). The maximum atomic E-state index is 2.60. The Labute approximate surface area is 150 Å². The lowest BCUT2D eigenvalue weighted by molar-refractivity contribution is 0.485. The van der Waals surface area contributed by atoms with Crippen LogP contribution >= 0.6 is 7.92 Å². The van der Waals surface area contributed by atoms with Crippen LogP contribution in [0.2, 0.25) is 0 Å². The predicted molar refractivity (Wildman–Crippen MR) is 110 cm³/mol. The van der Waals surface area contributed by atoms with Gasteiger partial charge in [-0.3, -0.25) is 0 Å². The van der Waals surface area contributed by atoms with Gasteiger partial charge in [-0.2, -0.15) is 0 Å². The Hall–Kier alpha value is -0.610. The monoisotopic (exact) mass is 342 g/mol. The average molecular weight is 343 g/mol. The second kappa shape index (κ2) is 9.76. The summed E-state index contributed by atoms with van der Waals surface area (Å²) in [5, 5.41) is 1.84. The highest BCUT2D eigenvalue weighted by atomic mass is 31.1. The Balaban J connectivity index is 1.88. The van der Waals surface area contributed by atoms with E-state index >= 15 is 0 Å². The minimum Gasteiger partial charge on any atom is -0.0734 e. The molecule has 0 N–H and O–H groups in total. The van der Waals surface area contributed by atoms with Gasteiger partial charge >= 0.3 is 0 Å². The fraction of sp³-hybridized carbons (Fsp3) is 0.652. The molecule has 2 aliphatic rings. The summed E-state index contributed by atoms with van der Waals surface area (Å²) in [6.45, 7) is 2.37. The summed E-state index contributed by atoms with van der Waals surface area (Å²) in [6, 6.07) is 11.1. The van der Waals surface area contributed by atoms with Gasteiger partial charge in [0.25, 0.3) is 0 Å². The van der Waals surface area contributed by atoms with E-state index in [0.29, 0.717) is 0 Å². The summed E-state index contributed by atoms with van der Waals surface area (Å²) < 4.78 is 0. The second-order valence-corrected chi connectivity index (χ2v) is 10.6. The van der Waals surface area contributed by atoms with E-state index < -0.39 is 0 Å². The lowest BCUT2D eigenvalue weighted by Crippen LogP contribution is -2.21. The summed E-state index contributed by atoms with van der Waals surface area (Å²) in [6.07, 6.45) is 20.2. The number of hydrogen-bond acceptors (Lipinski definition) is 0. The summed E-state index contributed by atoms with van der Waals surface area (Å²) in [5.41, 5.74) is 3.48. The molecule has 0 nitrogen and oxygen atoms in total. The van der Waals surface area contributed by atoms with E-state index in [2.05, 4.69) is 43.3 Å². The molecule has 0 aliphatic heterocycles. The maximum absolute atomic E-state index is 2.60. The normalized spacial score (nSPS) is 21.3. The molecule has 0 bridgehead atoms. The van der Waals surface area contributed by atoms with Crippen molar-refractivity contribution in [2.45, 2.75) is 95.3 Å². The fourth-order valence-electron chi connectivity index (χ4n) is 4.76. The van der Waals surface area contributed by atoms with Crippen molar-refractivity contribution in [3.05, 3.63) is 41.2 Å². The van der Waals surface area contributed by atoms with Gasteiger partial charge in [-0.1, -0.05) is 96.2 Å². The van der Waals surface area contributed by atoms with Crippen LogP contribution in [0, 0.1) is 0 Å². The quantitative estimate of drug-likeness (QED) is 0.460. The molecule has 0 saturated heterocycles. The van der Waals surface area contributed by atoms with Crippen LogP contribution in [0.3, 0.4) is 0 Å². The van der Waals surface area contributed by atoms with Crippen LogP contribution in [-0.2, 0) is 0 Å². The van der Waals surface area contributed by atoms with Crippen LogP contribution in [-0.4, -0.2) is 11.3 Å². The molecular formula is C23H35P. The van der Waals surface area contributed by atoms with Gasteiger partial charge in [0.2, 0.25) is 0 Å². The van der Waals surface area contributed by atoms with Crippen molar-refractivity contribution in [1.29, 1.82) is 0 Å². The summed E-state index contributed by atoms with van der Waals surface area (Å²) in [4.78, 5) is 0. The Morgan fingerprint density at radius 1 is 0.875 bits per heavy atom. The molecule has 2 fully saturated rings. The van der Waals surface area contributed by atoms with Crippen LogP contribution in [0.1, 0.15) is 89.5 Å². The van der Waals surface area contributed by atoms with E-state index in [0.717, 1.165) is 11.3 Å². The lowest BCUT2D eigenvalue weighted by Gasteiger charge is -2.40. The van der Waals surface area contributed by atoms with Crippen molar-refractivity contribution in [3.8, 4) is 0 Å². The highest BCUT2D eigenvalue weighted by Gasteiger charge is 2.33. The van der Waals surface area contributed by atoms with E-state index in [9.17, 15) is 0 Å². The topological polar surface area (TPSA) is 0 Å². The van der Waals surface area contributed by atoms with Crippen molar-refractivity contribution in [3.63, 3.8) is 0 Å². The molecular weight excluding hydrogens is 307 g/mol. The highest BCUT2D eigenvalue weighted by Crippen LogP contribution is 2.62. The number of allylic oxidation sites excluding steroid dienone is 1. The smallest absolute Gasteiger partial charge is 0.0170 e. The molecule has 132 valence electrons. The molecule has 0 heterocycles. The van der Waals surface area contributed by atoms with Crippen LogP contribution in [0.25, 0.3) is 6.08 Å². The molecule has 2 aliphatic carbocycles. The fourth-order valence-corrected chi connectivity index (χ4v) is 8.92. The zero-order chi connectivity index (χ0) is 16.6. The third kappa shape index (κ3) is 4.95. The SMILES string of the molecule is CCC/C(=C\c1ccccc1)P(C1CCCCC1)C1CCCCC1. The van der Waals surface area contributed by atoms with Crippen molar-refractivity contribution in [1.82, 2.24) is 0 Å². The van der Waals surface area contributed by atoms with E-state index in [1.54, 1.807) is 0 Å². The van der Waals surface area contributed by atoms with Gasteiger partial charge in [-0.05, 0) is 54.3 Å². The predicted octanol–water partition coefficient (Wildman–Crippen LogP) is 7.97. The van der Waals surface area contributed by atoms with Crippen molar-refractivity contribution in [2.24, 2.45) is 0 Å². The van der Waals surface area contributed by atoms with E-state index in [4.69, 9.17) is 0 Å². The molecule has 0 spiro atoms. The summed E-state index contributed by atoms with van der Waals surface area (Å²) in [5.74, 6) is 0. The molecule has 0 unspecified atom stereocenters. The third-order valence-electron chi connectivity index (χ3n) is 5.91. The standard InChI is InChI=1S/C23H35P/c1-2-12-23(19-20-13-6-3-7-14-20)24(21-15-8-4-9-16-21)22-17-10-5-11-18-22/h3,6-7,13-14,19,21-22H,2,4-5,8-12,15-18H2,1H3/b23-19+. The molecule has 0 aromatic heterocycles. The Morgan fingerprint density at radius 2 is 1.42 bits per heavy atom. The van der Waals surface area contributed by atoms with Crippen molar-refractivity contribution >= 4 is 14.0 Å². The molecule has 2 saturated carbocycles. The number of benzene rings is 1. The first kappa shape index (κ1) is 18.2. The minimum absolute atomic E-state index is 0.0711. The highest BCUT2D eigenvalue weighted by molar-refractivity contribution is 7.63. The van der Waals surface area contributed by atoms with Crippen LogP contribution < -0.4 is 0 Å². The first-order valence-corrected chi connectivity index (χ1v) is 11.9. The van der Waals surface area contributed by atoms with Crippen molar-refractivity contribution in [2.75, 3.05) is 0 Å². The third-order valence-corrected chi connectivity index (χ3v) is 9.53. The molecule has 1 aromatic rings. The second-order valence-electron chi connectivity index (χ2n) is 7.79. The first-order valence-electron chi connectivity index (χ1n) is 10.4. The average Bonchev–Trinajstić information content (AvgIpc) is 2.65. The molecule has 0 radical (unpaired) electrons. The summed E-state index contributed by atoms with van der Waals surface area (Å²) >= 11 is 0. The van der Waals surface area contributed by atoms with Crippen LogP contribution in [0.4, 0.5) is 0 Å². The van der Waals surface area contributed by atoms with Gasteiger partial charge < -0.3 is 0 Å². The van der Waals surface area contributed by atoms with E-state index in [-0.39, 0.29) is 7.92 Å². The van der Waals surface area contributed by atoms with Gasteiger partial charge in [-0.25, -0.2) is 0 Å². The number of rotatable bonds is 6. The van der Waals surface area contributed by atoms with Gasteiger partial charge in [0, 0.05) is 0 Å². The van der Waals surface area contributed by atoms with Crippen LogP contribution in [0.5, 0.6) is 0 Å². The Morgan fingerprint density at radius 3 is 1.92 bits per heavy atom. The van der Waals surface area contributed by atoms with Gasteiger partial charge in [0.05, 0.1) is 0 Å². The first-order chi connectivity index (χ1) is 11.9. The number of hydrogen-bond donors (Lipinski definition) is 0. The zero-order valence-corrected chi connectivity index (χ0v) is 16.4. The Bertz CT molecular complexity index is 474. The molecule has 0 amide bonds. The minimum atomic E-state index is 0.0711. The maximum Gasteiger partial charge on any atom is -0.0170 e. The van der Waals surface area contributed by atoms with Crippen LogP contribution in [0.15, 0.2) is 35.6 Å². The molecule has 0 atom stereocenters. The van der Waals surface area contributed by atoms with Gasteiger partial charge in [-0.15, -0.1) is 0 Å². The van der Waals surface area contributed by atoms with E-state index in [1.807, 2.05) is 5.31 Å². The van der Waals surface area contributed by atoms with Crippen molar-refractivity contribution < 1.29 is 0 Å². The van der Waals surface area contributed by atoms with Gasteiger partial charge in [0.1, 0.15) is 0 Å². The largest absolute Gasteiger partial charge is 0.0734 e. The zero-order valence-electron chi connectivity index (χ0n) is 15.6. The molecule has 24 heavy (non-hydrogen) atoms. The Kier molecular flexibility index (Phi) is 7.40. The van der Waals surface area contributed by atoms with E-state index in [1.165, 1.54) is 82.6 Å². The molecule has 1 aromatic carbocycles. The molecule has 1 heteroatoms.